The van der Waals surface area contributed by atoms with Gasteiger partial charge in [-0.25, -0.2) is 0 Å². The van der Waals surface area contributed by atoms with Crippen molar-refractivity contribution in [1.82, 2.24) is 0 Å². The van der Waals surface area contributed by atoms with E-state index in [1.54, 1.807) is 0 Å². The quantitative estimate of drug-likeness (QED) is 0.0373. The fourth-order valence-corrected chi connectivity index (χ4v) is 8.10. The first-order valence-corrected chi connectivity index (χ1v) is 32.9. The number of ether oxygens (including phenoxy) is 2. The molecule has 464 valence electrons. The molecule has 1 N–H and O–H groups in total. The first-order valence-electron chi connectivity index (χ1n) is 32.9. The van der Waals surface area contributed by atoms with E-state index >= 15 is 0 Å². The highest BCUT2D eigenvalue weighted by molar-refractivity contribution is 5.70. The number of carbonyl (C=O) groups excluding carboxylic acids is 2. The number of rotatable bonds is 57. The van der Waals surface area contributed by atoms with E-state index in [1.165, 1.54) is 19.3 Å². The molecule has 0 radical (unpaired) electrons. The number of aliphatic hydroxyl groups excluding tert-OH is 1. The maximum Gasteiger partial charge on any atom is 0.306 e. The summed E-state index contributed by atoms with van der Waals surface area (Å²) < 4.78 is 10.7. The van der Waals surface area contributed by atoms with Crippen LogP contribution in [-0.2, 0) is 19.1 Å². The fourth-order valence-electron chi connectivity index (χ4n) is 8.10. The minimum atomic E-state index is -0.810. The molecule has 0 saturated heterocycles. The number of aliphatic hydroxyl groups is 1. The maximum atomic E-state index is 12.3. The highest BCUT2D eigenvalue weighted by atomic mass is 16.6. The van der Waals surface area contributed by atoms with Crippen molar-refractivity contribution in [2.75, 3.05) is 13.2 Å². The van der Waals surface area contributed by atoms with Gasteiger partial charge in [0.05, 0.1) is 6.61 Å². The van der Waals surface area contributed by atoms with Gasteiger partial charge in [0.15, 0.2) is 6.10 Å². The Morgan fingerprint density at radius 1 is 0.274 bits per heavy atom. The van der Waals surface area contributed by atoms with Crippen molar-refractivity contribution < 1.29 is 24.2 Å². The van der Waals surface area contributed by atoms with Crippen molar-refractivity contribution >= 4 is 11.9 Å². The lowest BCUT2D eigenvalue weighted by Crippen LogP contribution is -2.28. The fraction of sp³-hybridized carbons (Fsp3) is 0.494. The summed E-state index contributed by atoms with van der Waals surface area (Å²) in [5.41, 5.74) is 0. The maximum absolute atomic E-state index is 12.3. The zero-order valence-electron chi connectivity index (χ0n) is 53.1. The van der Waals surface area contributed by atoms with Crippen LogP contribution in [0.3, 0.4) is 0 Å². The third kappa shape index (κ3) is 68.5. The van der Waals surface area contributed by atoms with Gasteiger partial charge < -0.3 is 14.6 Å². The molecule has 5 nitrogen and oxygen atoms in total. The largest absolute Gasteiger partial charge is 0.462 e. The summed E-state index contributed by atoms with van der Waals surface area (Å²) in [4.78, 5) is 24.6. The lowest BCUT2D eigenvalue weighted by atomic mass is 10.1. The van der Waals surface area contributed by atoms with Crippen molar-refractivity contribution in [2.45, 2.75) is 238 Å². The lowest BCUT2D eigenvalue weighted by Gasteiger charge is -2.15. The molecular formula is C79H118O5. The number of carbonyl (C=O) groups is 2. The Bertz CT molecular complexity index is 2080. The standard InChI is InChI=1S/C79H118O5/c1-3-5-7-9-11-13-15-17-19-21-23-25-27-29-31-33-35-36-37-38-39-40-41-42-44-46-48-50-52-54-56-58-60-62-64-66-68-70-72-74-79(82)84-77(75-80)76-83-78(81)73-71-69-67-65-63-61-59-57-55-53-51-49-47-45-43-34-32-30-28-26-24-22-20-18-16-14-12-10-8-6-4-2/h5-8,11-14,17-20,23-26,29-32,35-36,38-39,41-43,45-46,48-49,51-52,54-55,57-58,60,77,80H,3-4,9-10,15-16,21-22,27-28,33-34,37,40,44,47,50,53,56,59,61-76H2,1-2H3/b7-5-,8-6-,13-11-,14-12-,19-17-,20-18-,25-23-,26-24-,31-29-,32-30-,36-35-,39-38-,42-41-,45-43-,48-46-,51-49-,54-52-,57-55-,60-58-. The number of esters is 2. The average molecular weight is 1150 g/mol. The van der Waals surface area contributed by atoms with E-state index in [-0.39, 0.29) is 25.2 Å². The number of hydrogen-bond acceptors (Lipinski definition) is 5. The van der Waals surface area contributed by atoms with E-state index < -0.39 is 6.10 Å². The number of unbranched alkanes of at least 4 members (excludes halogenated alkanes) is 11. The van der Waals surface area contributed by atoms with Crippen molar-refractivity contribution in [1.29, 1.82) is 0 Å². The van der Waals surface area contributed by atoms with Gasteiger partial charge in [0.2, 0.25) is 0 Å². The molecule has 84 heavy (non-hydrogen) atoms. The summed E-state index contributed by atoms with van der Waals surface area (Å²) in [6.07, 6.45) is 117. The van der Waals surface area contributed by atoms with Crippen LogP contribution in [0.2, 0.25) is 0 Å². The molecule has 0 amide bonds. The molecule has 0 aromatic heterocycles. The second-order valence-corrected chi connectivity index (χ2v) is 20.7. The topological polar surface area (TPSA) is 72.8 Å². The van der Waals surface area contributed by atoms with Crippen LogP contribution in [0, 0.1) is 0 Å². The van der Waals surface area contributed by atoms with Crippen LogP contribution >= 0.6 is 0 Å². The first-order chi connectivity index (χ1) is 41.6. The number of hydrogen-bond donors (Lipinski definition) is 1. The Hall–Kier alpha value is -6.04. The minimum absolute atomic E-state index is 0.0984. The van der Waals surface area contributed by atoms with E-state index in [2.05, 4.69) is 245 Å². The van der Waals surface area contributed by atoms with Crippen LogP contribution in [0.1, 0.15) is 232 Å². The molecule has 0 aromatic rings. The van der Waals surface area contributed by atoms with Crippen LogP contribution in [0.4, 0.5) is 0 Å². The summed E-state index contributed by atoms with van der Waals surface area (Å²) in [7, 11) is 0. The zero-order chi connectivity index (χ0) is 60.5. The SMILES string of the molecule is CC/C=C\C/C=C\C/C=C\C/C=C\C/C=C\C/C=C\C/C=C\C/C=C\C/C=C\C/C=C\C/C=C\CCCCCCCC(=O)OC(CO)COC(=O)CCCCCCCC/C=C\C/C=C\C/C=C\C/C=C\C/C=C\C/C=C\C/C=C\C/C=C\CC. The van der Waals surface area contributed by atoms with Gasteiger partial charge in [0.25, 0.3) is 0 Å². The van der Waals surface area contributed by atoms with Crippen LogP contribution in [0.15, 0.2) is 231 Å². The molecule has 0 rings (SSSR count). The zero-order valence-corrected chi connectivity index (χ0v) is 53.1. The number of allylic oxidation sites excluding steroid dienone is 38. The second kappa shape index (κ2) is 71.2. The molecule has 1 atom stereocenters. The van der Waals surface area contributed by atoms with Gasteiger partial charge in [-0.1, -0.05) is 290 Å². The lowest BCUT2D eigenvalue weighted by molar-refractivity contribution is -0.161. The summed E-state index contributed by atoms with van der Waals surface area (Å²) in [5.74, 6) is -0.649. The summed E-state index contributed by atoms with van der Waals surface area (Å²) in [5, 5.41) is 9.69. The summed E-state index contributed by atoms with van der Waals surface area (Å²) in [6, 6.07) is 0. The van der Waals surface area contributed by atoms with E-state index in [4.69, 9.17) is 9.47 Å². The molecule has 1 unspecified atom stereocenters. The molecule has 0 aliphatic carbocycles. The Balaban J connectivity index is 3.69. The third-order valence-electron chi connectivity index (χ3n) is 13.0. The van der Waals surface area contributed by atoms with Crippen molar-refractivity contribution in [3.8, 4) is 0 Å². The first kappa shape index (κ1) is 78.0. The molecular weight excluding hydrogens is 1030 g/mol. The molecule has 0 saturated carbocycles. The van der Waals surface area contributed by atoms with Gasteiger partial charge in [0.1, 0.15) is 6.61 Å². The van der Waals surface area contributed by atoms with Crippen molar-refractivity contribution in [3.05, 3.63) is 231 Å². The Kier molecular flexibility index (Phi) is 66.1. The summed E-state index contributed by atoms with van der Waals surface area (Å²) in [6.45, 7) is 3.87. The van der Waals surface area contributed by atoms with Crippen LogP contribution < -0.4 is 0 Å². The summed E-state index contributed by atoms with van der Waals surface area (Å²) >= 11 is 0. The highest BCUT2D eigenvalue weighted by Gasteiger charge is 2.16. The van der Waals surface area contributed by atoms with E-state index in [0.717, 1.165) is 186 Å². The molecule has 0 aromatic carbocycles. The van der Waals surface area contributed by atoms with Crippen molar-refractivity contribution in [2.24, 2.45) is 0 Å². The van der Waals surface area contributed by atoms with Gasteiger partial charge >= 0.3 is 11.9 Å². The predicted molar refractivity (Wildman–Crippen MR) is 370 cm³/mol. The van der Waals surface area contributed by atoms with E-state index in [0.29, 0.717) is 12.8 Å². The Morgan fingerprint density at radius 2 is 0.476 bits per heavy atom. The van der Waals surface area contributed by atoms with Gasteiger partial charge in [-0.15, -0.1) is 0 Å². The average Bonchev–Trinajstić information content (AvgIpc) is 3.51. The normalized spacial score (nSPS) is 13.8. The van der Waals surface area contributed by atoms with Crippen LogP contribution in [0.25, 0.3) is 0 Å². The van der Waals surface area contributed by atoms with Crippen LogP contribution in [0.5, 0.6) is 0 Å². The van der Waals surface area contributed by atoms with Crippen molar-refractivity contribution in [3.63, 3.8) is 0 Å². The smallest absolute Gasteiger partial charge is 0.306 e. The third-order valence-corrected chi connectivity index (χ3v) is 13.0. The Morgan fingerprint density at radius 3 is 0.714 bits per heavy atom. The molecule has 0 heterocycles. The predicted octanol–water partition coefficient (Wildman–Crippen LogP) is 23.3. The molecule has 0 spiro atoms. The molecule has 0 bridgehead atoms. The van der Waals surface area contributed by atoms with Gasteiger partial charge in [0, 0.05) is 12.8 Å². The van der Waals surface area contributed by atoms with Gasteiger partial charge in [-0.3, -0.25) is 9.59 Å². The minimum Gasteiger partial charge on any atom is -0.462 e. The monoisotopic (exact) mass is 1150 g/mol. The molecule has 0 fully saturated rings. The van der Waals surface area contributed by atoms with Crippen LogP contribution in [-0.4, -0.2) is 36.4 Å². The van der Waals surface area contributed by atoms with E-state index in [9.17, 15) is 14.7 Å². The van der Waals surface area contributed by atoms with Gasteiger partial charge in [-0.2, -0.15) is 0 Å². The molecule has 0 aliphatic rings. The molecule has 0 aliphatic heterocycles. The molecule has 5 heteroatoms. The second-order valence-electron chi connectivity index (χ2n) is 20.7. The highest BCUT2D eigenvalue weighted by Crippen LogP contribution is 2.12. The Labute approximate surface area is 515 Å². The van der Waals surface area contributed by atoms with Gasteiger partial charge in [-0.05, 0) is 161 Å². The van der Waals surface area contributed by atoms with E-state index in [1.807, 2.05) is 0 Å².